The summed E-state index contributed by atoms with van der Waals surface area (Å²) in [6, 6.07) is 8.28. The lowest BCUT2D eigenvalue weighted by atomic mass is 10.0. The Kier molecular flexibility index (Phi) is 6.62. The molecule has 2 unspecified atom stereocenters. The Morgan fingerprint density at radius 3 is 2.88 bits per heavy atom. The molecule has 1 amide bonds. The third kappa shape index (κ3) is 5.03. The first-order valence-electron chi connectivity index (χ1n) is 11.3. The molecule has 2 aromatic rings. The van der Waals surface area contributed by atoms with Crippen molar-refractivity contribution in [2.24, 2.45) is 4.99 Å². The van der Waals surface area contributed by atoms with Gasteiger partial charge in [0.15, 0.2) is 11.8 Å². The molecule has 3 heterocycles. The van der Waals surface area contributed by atoms with Gasteiger partial charge in [-0.15, -0.1) is 0 Å². The van der Waals surface area contributed by atoms with Crippen molar-refractivity contribution in [1.29, 1.82) is 0 Å². The Balaban J connectivity index is 1.50. The first-order valence-corrected chi connectivity index (χ1v) is 11.3. The van der Waals surface area contributed by atoms with E-state index in [4.69, 9.17) is 4.74 Å². The number of amides is 1. The fourth-order valence-electron chi connectivity index (χ4n) is 3.96. The molecule has 1 aromatic heterocycles. The Hall–Kier alpha value is -3.10. The van der Waals surface area contributed by atoms with Crippen molar-refractivity contribution in [2.75, 3.05) is 27.2 Å². The predicted molar refractivity (Wildman–Crippen MR) is 123 cm³/mol. The lowest BCUT2D eigenvalue weighted by Crippen LogP contribution is -2.49. The summed E-state index contributed by atoms with van der Waals surface area (Å²) in [6.45, 7) is 5.68. The molecule has 2 aliphatic rings. The Labute approximate surface area is 189 Å². The maximum atomic E-state index is 12.2. The lowest BCUT2D eigenvalue weighted by Gasteiger charge is -2.30. The number of likely N-dealkylation sites (N-methyl/N-ethyl adjacent to an activating group) is 1. The number of nitrogens with one attached hydrogen (secondary N) is 2. The zero-order valence-electron chi connectivity index (χ0n) is 19.3. The SMILES string of the molecule is CC(C)c1nc2n(n1)CC(NC(=NCC(=O)N(C)C)NC1CCOc3ccccc31)CC2. The summed E-state index contributed by atoms with van der Waals surface area (Å²) in [5, 5.41) is 11.8. The molecule has 2 atom stereocenters. The van der Waals surface area contributed by atoms with Gasteiger partial charge in [0.05, 0.1) is 19.2 Å². The summed E-state index contributed by atoms with van der Waals surface area (Å²) in [6.07, 6.45) is 2.62. The van der Waals surface area contributed by atoms with Gasteiger partial charge in [-0.25, -0.2) is 14.7 Å². The van der Waals surface area contributed by atoms with Gasteiger partial charge in [0.2, 0.25) is 5.91 Å². The van der Waals surface area contributed by atoms with Crippen LogP contribution in [0.2, 0.25) is 0 Å². The van der Waals surface area contributed by atoms with E-state index in [0.717, 1.165) is 48.8 Å². The number of carbonyl (C=O) groups excluding carboxylic acids is 1. The molecule has 1 aromatic carbocycles. The summed E-state index contributed by atoms with van der Waals surface area (Å²) in [4.78, 5) is 23.0. The molecule has 0 saturated heterocycles. The van der Waals surface area contributed by atoms with Crippen molar-refractivity contribution in [3.05, 3.63) is 41.5 Å². The number of para-hydroxylation sites is 1. The van der Waals surface area contributed by atoms with Crippen LogP contribution in [-0.4, -0.2) is 64.8 Å². The molecule has 172 valence electrons. The van der Waals surface area contributed by atoms with E-state index in [9.17, 15) is 4.79 Å². The van der Waals surface area contributed by atoms with Gasteiger partial charge in [0.1, 0.15) is 18.1 Å². The Morgan fingerprint density at radius 1 is 1.28 bits per heavy atom. The molecule has 2 aliphatic heterocycles. The zero-order valence-corrected chi connectivity index (χ0v) is 19.3. The number of fused-ring (bicyclic) bond motifs is 2. The summed E-state index contributed by atoms with van der Waals surface area (Å²) in [5.41, 5.74) is 1.11. The van der Waals surface area contributed by atoms with Gasteiger partial charge >= 0.3 is 0 Å². The van der Waals surface area contributed by atoms with Crippen molar-refractivity contribution < 1.29 is 9.53 Å². The van der Waals surface area contributed by atoms with Crippen molar-refractivity contribution in [3.63, 3.8) is 0 Å². The van der Waals surface area contributed by atoms with Crippen molar-refractivity contribution >= 4 is 11.9 Å². The number of aliphatic imine (C=N–C) groups is 1. The largest absolute Gasteiger partial charge is 0.493 e. The van der Waals surface area contributed by atoms with Gasteiger partial charge in [-0.2, -0.15) is 5.10 Å². The van der Waals surface area contributed by atoms with Crippen LogP contribution in [0.5, 0.6) is 5.75 Å². The van der Waals surface area contributed by atoms with Crippen LogP contribution in [0.3, 0.4) is 0 Å². The second-order valence-corrected chi connectivity index (χ2v) is 8.93. The lowest BCUT2D eigenvalue weighted by molar-refractivity contribution is -0.127. The highest BCUT2D eigenvalue weighted by Gasteiger charge is 2.26. The highest BCUT2D eigenvalue weighted by molar-refractivity contribution is 5.85. The molecular formula is C23H33N7O2. The number of benzene rings is 1. The minimum Gasteiger partial charge on any atom is -0.493 e. The van der Waals surface area contributed by atoms with E-state index in [1.165, 1.54) is 0 Å². The van der Waals surface area contributed by atoms with Gasteiger partial charge in [-0.05, 0) is 12.5 Å². The van der Waals surface area contributed by atoms with Crippen LogP contribution in [0.1, 0.15) is 55.9 Å². The molecule has 0 spiro atoms. The quantitative estimate of drug-likeness (QED) is 0.545. The number of hydrogen-bond donors (Lipinski definition) is 2. The minimum absolute atomic E-state index is 0.0396. The fourth-order valence-corrected chi connectivity index (χ4v) is 3.96. The van der Waals surface area contributed by atoms with Crippen LogP contribution in [0.15, 0.2) is 29.3 Å². The summed E-state index contributed by atoms with van der Waals surface area (Å²) in [5.74, 6) is 3.74. The van der Waals surface area contributed by atoms with E-state index in [0.29, 0.717) is 18.5 Å². The number of hydrogen-bond acceptors (Lipinski definition) is 5. The maximum absolute atomic E-state index is 12.2. The average molecular weight is 440 g/mol. The number of carbonyl (C=O) groups is 1. The zero-order chi connectivity index (χ0) is 22.7. The number of guanidine groups is 1. The Morgan fingerprint density at radius 2 is 2.09 bits per heavy atom. The minimum atomic E-state index is -0.0396. The summed E-state index contributed by atoms with van der Waals surface area (Å²) in [7, 11) is 3.49. The highest BCUT2D eigenvalue weighted by atomic mass is 16.5. The molecule has 0 aliphatic carbocycles. The number of ether oxygens (including phenoxy) is 1. The molecule has 4 rings (SSSR count). The maximum Gasteiger partial charge on any atom is 0.243 e. The molecule has 0 radical (unpaired) electrons. The van der Waals surface area contributed by atoms with Crippen molar-refractivity contribution in [2.45, 2.75) is 57.7 Å². The van der Waals surface area contributed by atoms with Gasteiger partial charge in [0.25, 0.3) is 0 Å². The molecule has 9 heteroatoms. The summed E-state index contributed by atoms with van der Waals surface area (Å²) >= 11 is 0. The van der Waals surface area contributed by atoms with E-state index in [2.05, 4.69) is 45.6 Å². The third-order valence-electron chi connectivity index (χ3n) is 5.87. The van der Waals surface area contributed by atoms with Crippen LogP contribution in [0.4, 0.5) is 0 Å². The predicted octanol–water partition coefficient (Wildman–Crippen LogP) is 1.86. The van der Waals surface area contributed by atoms with Gasteiger partial charge in [0, 0.05) is 44.5 Å². The smallest absolute Gasteiger partial charge is 0.243 e. The molecule has 9 nitrogen and oxygen atoms in total. The van der Waals surface area contributed by atoms with Gasteiger partial charge in [-0.1, -0.05) is 32.0 Å². The topological polar surface area (TPSA) is 96.7 Å². The molecule has 0 fully saturated rings. The van der Waals surface area contributed by atoms with Crippen LogP contribution in [0, 0.1) is 0 Å². The fraction of sp³-hybridized carbons (Fsp3) is 0.565. The number of aryl methyl sites for hydroxylation is 1. The normalized spacial score (nSPS) is 20.2. The first-order chi connectivity index (χ1) is 15.4. The first kappa shape index (κ1) is 22.1. The van der Waals surface area contributed by atoms with Crippen molar-refractivity contribution in [3.8, 4) is 5.75 Å². The number of aromatic nitrogens is 3. The van der Waals surface area contributed by atoms with Crippen LogP contribution < -0.4 is 15.4 Å². The number of nitrogens with zero attached hydrogens (tertiary/aromatic N) is 5. The molecule has 0 saturated carbocycles. The van der Waals surface area contributed by atoms with Gasteiger partial charge < -0.3 is 20.3 Å². The molecule has 2 N–H and O–H groups in total. The van der Waals surface area contributed by atoms with Crippen LogP contribution in [-0.2, 0) is 17.8 Å². The second kappa shape index (κ2) is 9.58. The number of rotatable bonds is 5. The molecule has 32 heavy (non-hydrogen) atoms. The summed E-state index contributed by atoms with van der Waals surface area (Å²) < 4.78 is 7.80. The monoisotopic (exact) mass is 439 g/mol. The van der Waals surface area contributed by atoms with Crippen molar-refractivity contribution in [1.82, 2.24) is 30.3 Å². The van der Waals surface area contributed by atoms with E-state index in [-0.39, 0.29) is 24.5 Å². The van der Waals surface area contributed by atoms with Gasteiger partial charge in [-0.3, -0.25) is 4.79 Å². The molecular weight excluding hydrogens is 406 g/mol. The standard InChI is InChI=1S/C23H33N7O2/c1-15(2)22-27-20-10-9-16(14-30(20)28-22)25-23(24-13-21(31)29(3)4)26-18-11-12-32-19-8-6-5-7-17(18)19/h5-8,15-16,18H,9-14H2,1-4H3,(H2,24,25,26). The average Bonchev–Trinajstić information content (AvgIpc) is 3.21. The Bertz CT molecular complexity index is 982. The third-order valence-corrected chi connectivity index (χ3v) is 5.87. The van der Waals surface area contributed by atoms with Crippen LogP contribution >= 0.6 is 0 Å². The highest BCUT2D eigenvalue weighted by Crippen LogP contribution is 2.31. The second-order valence-electron chi connectivity index (χ2n) is 8.93. The van der Waals surface area contributed by atoms with E-state index in [1.54, 1.807) is 19.0 Å². The molecule has 0 bridgehead atoms. The van der Waals surface area contributed by atoms with E-state index < -0.39 is 0 Å². The van der Waals surface area contributed by atoms with E-state index >= 15 is 0 Å². The van der Waals surface area contributed by atoms with Crippen LogP contribution in [0.25, 0.3) is 0 Å². The van der Waals surface area contributed by atoms with E-state index in [1.807, 2.05) is 22.9 Å².